The molecule has 0 saturated heterocycles. The minimum atomic E-state index is 0.357. The fourth-order valence-corrected chi connectivity index (χ4v) is 2.02. The first kappa shape index (κ1) is 15.2. The Bertz CT molecular complexity index is 371. The van der Waals surface area contributed by atoms with E-state index >= 15 is 0 Å². The quantitative estimate of drug-likeness (QED) is 0.771. The average molecular weight is 272 g/mol. The lowest BCUT2D eigenvalue weighted by atomic mass is 10.1. The summed E-state index contributed by atoms with van der Waals surface area (Å²) < 4.78 is 5.29. The molecule has 0 fully saturated rings. The van der Waals surface area contributed by atoms with E-state index in [2.05, 4.69) is 36.1 Å². The van der Waals surface area contributed by atoms with Gasteiger partial charge >= 0.3 is 0 Å². The Labute approximate surface area is 114 Å². The summed E-state index contributed by atoms with van der Waals surface area (Å²) in [6.45, 7) is 9.51. The summed E-state index contributed by atoms with van der Waals surface area (Å²) in [4.78, 5) is 8.52. The number of nitrogens with one attached hydrogen (secondary N) is 1. The maximum Gasteiger partial charge on any atom is 0.158 e. The van der Waals surface area contributed by atoms with Crippen molar-refractivity contribution >= 4 is 17.4 Å². The van der Waals surface area contributed by atoms with E-state index < -0.39 is 0 Å². The van der Waals surface area contributed by atoms with E-state index in [0.29, 0.717) is 36.2 Å². The van der Waals surface area contributed by atoms with Crippen molar-refractivity contribution in [3.05, 3.63) is 17.0 Å². The molecular formula is C13H22ClN3O. The number of rotatable bonds is 7. The highest BCUT2D eigenvalue weighted by atomic mass is 35.5. The summed E-state index contributed by atoms with van der Waals surface area (Å²) in [6, 6.07) is 2.10. The molecule has 0 radical (unpaired) electrons. The molecule has 1 N–H and O–H groups in total. The minimum Gasteiger partial charge on any atom is -0.374 e. The molecule has 0 aliphatic rings. The molecule has 0 saturated carbocycles. The van der Waals surface area contributed by atoms with Gasteiger partial charge in [0, 0.05) is 18.7 Å². The standard InChI is InChI=1S/C13H22ClN3O/c1-5-18-8-13-16-11(14)7-12(17-13)15-10(4)6-9(2)3/h7,9-10H,5-6,8H2,1-4H3,(H,15,16,17). The van der Waals surface area contributed by atoms with Crippen LogP contribution in [0.3, 0.4) is 0 Å². The molecule has 1 atom stereocenters. The molecule has 5 heteroatoms. The van der Waals surface area contributed by atoms with Gasteiger partial charge in [-0.15, -0.1) is 0 Å². The summed E-state index contributed by atoms with van der Waals surface area (Å²) in [5, 5.41) is 3.78. The third-order valence-electron chi connectivity index (χ3n) is 2.40. The van der Waals surface area contributed by atoms with Crippen molar-refractivity contribution in [1.82, 2.24) is 9.97 Å². The van der Waals surface area contributed by atoms with Gasteiger partial charge in [-0.05, 0) is 26.2 Å². The average Bonchev–Trinajstić information content (AvgIpc) is 2.24. The monoisotopic (exact) mass is 271 g/mol. The van der Waals surface area contributed by atoms with E-state index in [1.165, 1.54) is 0 Å². The first-order valence-electron chi connectivity index (χ1n) is 6.39. The summed E-state index contributed by atoms with van der Waals surface area (Å²) >= 11 is 5.97. The van der Waals surface area contributed by atoms with Crippen molar-refractivity contribution in [1.29, 1.82) is 0 Å². The Balaban J connectivity index is 2.67. The van der Waals surface area contributed by atoms with Crippen molar-refractivity contribution in [2.45, 2.75) is 46.8 Å². The van der Waals surface area contributed by atoms with Gasteiger partial charge in [0.2, 0.25) is 0 Å². The minimum absolute atomic E-state index is 0.357. The van der Waals surface area contributed by atoms with E-state index in [1.54, 1.807) is 6.07 Å². The molecule has 0 aliphatic heterocycles. The summed E-state index contributed by atoms with van der Waals surface area (Å²) in [7, 11) is 0. The molecule has 0 aromatic carbocycles. The second-order valence-electron chi connectivity index (χ2n) is 4.80. The second-order valence-corrected chi connectivity index (χ2v) is 5.19. The van der Waals surface area contributed by atoms with Gasteiger partial charge in [-0.25, -0.2) is 9.97 Å². The maximum atomic E-state index is 5.97. The van der Waals surface area contributed by atoms with E-state index in [4.69, 9.17) is 16.3 Å². The number of ether oxygens (including phenoxy) is 1. The van der Waals surface area contributed by atoms with Crippen molar-refractivity contribution in [3.63, 3.8) is 0 Å². The zero-order chi connectivity index (χ0) is 13.5. The molecule has 0 aliphatic carbocycles. The Kier molecular flexibility index (Phi) is 6.36. The lowest BCUT2D eigenvalue weighted by Crippen LogP contribution is -2.18. The molecule has 1 heterocycles. The summed E-state index contributed by atoms with van der Waals surface area (Å²) in [5.41, 5.74) is 0. The predicted octanol–water partition coefficient (Wildman–Crippen LogP) is 3.51. The van der Waals surface area contributed by atoms with Crippen LogP contribution in [-0.4, -0.2) is 22.6 Å². The fraction of sp³-hybridized carbons (Fsp3) is 0.692. The SMILES string of the molecule is CCOCc1nc(Cl)cc(NC(C)CC(C)C)n1. The Morgan fingerprint density at radius 2 is 2.06 bits per heavy atom. The van der Waals surface area contributed by atoms with Crippen LogP contribution in [0.4, 0.5) is 5.82 Å². The third-order valence-corrected chi connectivity index (χ3v) is 2.59. The third kappa shape index (κ3) is 5.65. The molecule has 1 unspecified atom stereocenters. The zero-order valence-corrected chi connectivity index (χ0v) is 12.3. The summed E-state index contributed by atoms with van der Waals surface area (Å²) in [6.07, 6.45) is 1.09. The lowest BCUT2D eigenvalue weighted by molar-refractivity contribution is 0.128. The molecule has 1 aromatic heterocycles. The smallest absolute Gasteiger partial charge is 0.158 e. The van der Waals surface area contributed by atoms with E-state index in [0.717, 1.165) is 12.2 Å². The van der Waals surface area contributed by atoms with Crippen LogP contribution in [0.15, 0.2) is 6.07 Å². The fourth-order valence-electron chi connectivity index (χ4n) is 1.82. The highest BCUT2D eigenvalue weighted by Gasteiger charge is 2.08. The molecule has 102 valence electrons. The normalized spacial score (nSPS) is 12.8. The maximum absolute atomic E-state index is 5.97. The van der Waals surface area contributed by atoms with Crippen molar-refractivity contribution in [3.8, 4) is 0 Å². The highest BCUT2D eigenvalue weighted by Crippen LogP contribution is 2.15. The molecule has 4 nitrogen and oxygen atoms in total. The number of hydrogen-bond donors (Lipinski definition) is 1. The van der Waals surface area contributed by atoms with Gasteiger partial charge in [-0.3, -0.25) is 0 Å². The molecule has 0 bridgehead atoms. The van der Waals surface area contributed by atoms with Gasteiger partial charge < -0.3 is 10.1 Å². The number of hydrogen-bond acceptors (Lipinski definition) is 4. The molecule has 1 rings (SSSR count). The zero-order valence-electron chi connectivity index (χ0n) is 11.5. The first-order valence-corrected chi connectivity index (χ1v) is 6.76. The number of aromatic nitrogens is 2. The second kappa shape index (κ2) is 7.54. The van der Waals surface area contributed by atoms with Crippen LogP contribution in [0.1, 0.15) is 39.9 Å². The van der Waals surface area contributed by atoms with Crippen molar-refractivity contribution in [2.24, 2.45) is 5.92 Å². The summed E-state index contributed by atoms with van der Waals surface area (Å²) in [5.74, 6) is 2.02. The van der Waals surface area contributed by atoms with E-state index in [9.17, 15) is 0 Å². The van der Waals surface area contributed by atoms with E-state index in [-0.39, 0.29) is 0 Å². The van der Waals surface area contributed by atoms with Crippen LogP contribution in [0.2, 0.25) is 5.15 Å². The van der Waals surface area contributed by atoms with Gasteiger partial charge in [0.25, 0.3) is 0 Å². The largest absolute Gasteiger partial charge is 0.374 e. The van der Waals surface area contributed by atoms with Crippen molar-refractivity contribution < 1.29 is 4.74 Å². The first-order chi connectivity index (χ1) is 8.51. The Morgan fingerprint density at radius 1 is 1.33 bits per heavy atom. The van der Waals surface area contributed by atoms with Crippen LogP contribution in [0, 0.1) is 5.92 Å². The van der Waals surface area contributed by atoms with Gasteiger partial charge in [0.15, 0.2) is 5.82 Å². The van der Waals surface area contributed by atoms with Crippen LogP contribution in [0.5, 0.6) is 0 Å². The molecule has 1 aromatic rings. The lowest BCUT2D eigenvalue weighted by Gasteiger charge is -2.17. The number of anilines is 1. The van der Waals surface area contributed by atoms with Crippen LogP contribution >= 0.6 is 11.6 Å². The van der Waals surface area contributed by atoms with Crippen molar-refractivity contribution in [2.75, 3.05) is 11.9 Å². The van der Waals surface area contributed by atoms with Crippen LogP contribution in [-0.2, 0) is 11.3 Å². The van der Waals surface area contributed by atoms with Crippen LogP contribution in [0.25, 0.3) is 0 Å². The Hall–Kier alpha value is -0.870. The highest BCUT2D eigenvalue weighted by molar-refractivity contribution is 6.29. The predicted molar refractivity (Wildman–Crippen MR) is 74.9 cm³/mol. The number of nitrogens with zero attached hydrogens (tertiary/aromatic N) is 2. The van der Waals surface area contributed by atoms with Gasteiger partial charge in [0.1, 0.15) is 17.6 Å². The van der Waals surface area contributed by atoms with Gasteiger partial charge in [-0.2, -0.15) is 0 Å². The molecule has 0 spiro atoms. The molecule has 18 heavy (non-hydrogen) atoms. The van der Waals surface area contributed by atoms with E-state index in [1.807, 2.05) is 6.92 Å². The van der Waals surface area contributed by atoms with Crippen LogP contribution < -0.4 is 5.32 Å². The molecule has 0 amide bonds. The van der Waals surface area contributed by atoms with Gasteiger partial charge in [-0.1, -0.05) is 25.4 Å². The number of halogens is 1. The van der Waals surface area contributed by atoms with Gasteiger partial charge in [0.05, 0.1) is 0 Å². The molecular weight excluding hydrogens is 250 g/mol. The Morgan fingerprint density at radius 3 is 2.67 bits per heavy atom. The topological polar surface area (TPSA) is 47.0 Å².